The molecule has 0 spiro atoms. The number of nitrogens with two attached hydrogens (primary N) is 1. The van der Waals surface area contributed by atoms with Crippen molar-refractivity contribution in [3.05, 3.63) is 23.3 Å². The van der Waals surface area contributed by atoms with E-state index in [1.54, 1.807) is 6.08 Å². The molecule has 0 aromatic rings. The molecule has 0 saturated heterocycles. The maximum absolute atomic E-state index is 11.0. The normalized spacial score (nSPS) is 31.2. The quantitative estimate of drug-likeness (QED) is 0.379. The van der Waals surface area contributed by atoms with Gasteiger partial charge in [-0.1, -0.05) is 20.8 Å². The molecule has 6 atom stereocenters. The van der Waals surface area contributed by atoms with Crippen molar-refractivity contribution in [1.29, 1.82) is 0 Å². The molecule has 6 N–H and O–H groups in total. The molecule has 0 fully saturated rings. The van der Waals surface area contributed by atoms with Crippen molar-refractivity contribution in [2.75, 3.05) is 7.11 Å². The van der Waals surface area contributed by atoms with E-state index in [-0.39, 0.29) is 36.2 Å². The third-order valence-electron chi connectivity index (χ3n) is 5.54. The number of carbonyl (C=O) groups excluding carboxylic acids is 1. The van der Waals surface area contributed by atoms with Crippen LogP contribution in [0.15, 0.2) is 23.3 Å². The van der Waals surface area contributed by atoms with Crippen molar-refractivity contribution in [3.63, 3.8) is 0 Å². The summed E-state index contributed by atoms with van der Waals surface area (Å²) < 4.78 is 10.3. The lowest BCUT2D eigenvalue weighted by Gasteiger charge is -2.33. The Kier molecular flexibility index (Phi) is 10.6. The van der Waals surface area contributed by atoms with E-state index >= 15 is 0 Å². The zero-order valence-corrected chi connectivity index (χ0v) is 18.0. The first-order valence-corrected chi connectivity index (χ1v) is 10.2. The van der Waals surface area contributed by atoms with Crippen molar-refractivity contribution in [3.8, 4) is 0 Å². The number of carboxylic acids is 1. The number of hydrogen-bond acceptors (Lipinski definition) is 8. The Morgan fingerprint density at radius 2 is 1.73 bits per heavy atom. The van der Waals surface area contributed by atoms with Crippen molar-refractivity contribution in [2.45, 2.75) is 83.0 Å². The zero-order valence-electron chi connectivity index (χ0n) is 18.0. The second kappa shape index (κ2) is 12.2. The SMILES string of the molecule is CCC(CC)O[C@@H]1C=C(C(=O)O)C[C@H](N)[C@H]1C.COC(=O)C1=C[C@H](O)[C@@H](O)[C@H](O)C1. The van der Waals surface area contributed by atoms with E-state index in [1.165, 1.54) is 13.2 Å². The number of methoxy groups -OCH3 is 1. The van der Waals surface area contributed by atoms with Crippen molar-refractivity contribution in [1.82, 2.24) is 0 Å². The molecule has 0 unspecified atom stereocenters. The van der Waals surface area contributed by atoms with Crippen LogP contribution in [0.25, 0.3) is 0 Å². The molecule has 2 aliphatic carbocycles. The van der Waals surface area contributed by atoms with Gasteiger partial charge in [-0.3, -0.25) is 0 Å². The summed E-state index contributed by atoms with van der Waals surface area (Å²) in [4.78, 5) is 22.0. The molecule has 0 aromatic heterocycles. The standard InChI is InChI=1S/C13H23NO3.C8H12O5/c1-4-10(5-2)17-12-7-9(13(15)16)6-11(14)8(12)3;1-13-8(12)4-2-5(9)7(11)6(10)3-4/h7-8,10-12H,4-6,14H2,1-3H3,(H,15,16);2,5-7,9-11H,3H2,1H3/t8-,11+,12-;5-,6+,7+/m10/s1. The Morgan fingerprint density at radius 3 is 2.20 bits per heavy atom. The molecule has 0 bridgehead atoms. The predicted octanol–water partition coefficient (Wildman–Crippen LogP) is 0.511. The third-order valence-corrected chi connectivity index (χ3v) is 5.54. The van der Waals surface area contributed by atoms with Gasteiger partial charge in [-0.2, -0.15) is 0 Å². The summed E-state index contributed by atoms with van der Waals surface area (Å²) >= 11 is 0. The van der Waals surface area contributed by atoms with E-state index in [0.29, 0.717) is 12.0 Å². The summed E-state index contributed by atoms with van der Waals surface area (Å²) in [6, 6.07) is -0.134. The number of carboxylic acid groups (broad SMARTS) is 1. The number of aliphatic hydroxyl groups excluding tert-OH is 3. The van der Waals surface area contributed by atoms with Crippen LogP contribution >= 0.6 is 0 Å². The minimum absolute atomic E-state index is 0.00486. The number of ether oxygens (including phenoxy) is 2. The van der Waals surface area contributed by atoms with E-state index < -0.39 is 30.3 Å². The lowest BCUT2D eigenvalue weighted by Crippen LogP contribution is -2.42. The van der Waals surface area contributed by atoms with Gasteiger partial charge >= 0.3 is 11.9 Å². The minimum atomic E-state index is -1.23. The Labute approximate surface area is 177 Å². The molecular formula is C21H35NO8. The van der Waals surface area contributed by atoms with Crippen LogP contribution in [0, 0.1) is 5.92 Å². The molecule has 9 heteroatoms. The number of rotatable bonds is 6. The molecular weight excluding hydrogens is 394 g/mol. The Bertz CT molecular complexity index is 643. The number of esters is 1. The molecule has 0 aliphatic heterocycles. The van der Waals surface area contributed by atoms with Crippen LogP contribution < -0.4 is 5.73 Å². The highest BCUT2D eigenvalue weighted by atomic mass is 16.5. The number of hydrogen-bond donors (Lipinski definition) is 5. The van der Waals surface area contributed by atoms with Crippen molar-refractivity contribution in [2.24, 2.45) is 11.7 Å². The Balaban J connectivity index is 0.000000311. The summed E-state index contributed by atoms with van der Waals surface area (Å²) in [7, 11) is 1.22. The highest BCUT2D eigenvalue weighted by Crippen LogP contribution is 2.27. The fourth-order valence-corrected chi connectivity index (χ4v) is 3.36. The lowest BCUT2D eigenvalue weighted by molar-refractivity contribution is -0.137. The van der Waals surface area contributed by atoms with E-state index in [4.69, 9.17) is 25.8 Å². The van der Waals surface area contributed by atoms with Crippen LogP contribution in [0.3, 0.4) is 0 Å². The van der Waals surface area contributed by atoms with Gasteiger partial charge < -0.3 is 35.6 Å². The van der Waals surface area contributed by atoms with Crippen molar-refractivity contribution >= 4 is 11.9 Å². The van der Waals surface area contributed by atoms with Gasteiger partial charge in [0.2, 0.25) is 0 Å². The van der Waals surface area contributed by atoms with Gasteiger partial charge in [-0.05, 0) is 31.4 Å². The van der Waals surface area contributed by atoms with E-state index in [0.717, 1.165) is 12.8 Å². The lowest BCUT2D eigenvalue weighted by atomic mass is 9.84. The molecule has 0 saturated carbocycles. The summed E-state index contributed by atoms with van der Waals surface area (Å²) in [5, 5.41) is 36.5. The van der Waals surface area contributed by atoms with Crippen molar-refractivity contribution < 1.29 is 39.5 Å². The van der Waals surface area contributed by atoms with Gasteiger partial charge in [0.15, 0.2) is 0 Å². The maximum Gasteiger partial charge on any atom is 0.333 e. The van der Waals surface area contributed by atoms with E-state index in [2.05, 4.69) is 18.6 Å². The molecule has 0 aromatic carbocycles. The monoisotopic (exact) mass is 429 g/mol. The molecule has 2 aliphatic rings. The average Bonchev–Trinajstić information content (AvgIpc) is 2.72. The van der Waals surface area contributed by atoms with Crippen LogP contribution in [0.5, 0.6) is 0 Å². The van der Waals surface area contributed by atoms with Crippen LogP contribution in [0.4, 0.5) is 0 Å². The van der Waals surface area contributed by atoms with Gasteiger partial charge in [-0.15, -0.1) is 0 Å². The summed E-state index contributed by atoms with van der Waals surface area (Å²) in [6.07, 6.45) is 1.69. The third kappa shape index (κ3) is 7.17. The van der Waals surface area contributed by atoms with E-state index in [9.17, 15) is 14.7 Å². The molecule has 2 rings (SSSR count). The average molecular weight is 430 g/mol. The Morgan fingerprint density at radius 1 is 1.13 bits per heavy atom. The molecule has 0 amide bonds. The first kappa shape index (κ1) is 26.3. The summed E-state index contributed by atoms with van der Waals surface area (Å²) in [6.45, 7) is 6.17. The fraction of sp³-hybridized carbons (Fsp3) is 0.714. The fourth-order valence-electron chi connectivity index (χ4n) is 3.36. The second-order valence-electron chi connectivity index (χ2n) is 7.70. The number of carbonyl (C=O) groups is 2. The zero-order chi connectivity index (χ0) is 23.0. The smallest absolute Gasteiger partial charge is 0.333 e. The van der Waals surface area contributed by atoms with Gasteiger partial charge in [0, 0.05) is 29.5 Å². The highest BCUT2D eigenvalue weighted by molar-refractivity contribution is 5.88. The summed E-state index contributed by atoms with van der Waals surface area (Å²) in [5.41, 5.74) is 6.54. The van der Waals surface area contributed by atoms with E-state index in [1.807, 2.05) is 6.92 Å². The molecule has 0 radical (unpaired) electrons. The minimum Gasteiger partial charge on any atom is -0.478 e. The number of aliphatic hydroxyl groups is 3. The molecule has 172 valence electrons. The Hall–Kier alpha value is -1.78. The van der Waals surface area contributed by atoms with Crippen LogP contribution in [-0.2, 0) is 19.1 Å². The van der Waals surface area contributed by atoms with Crippen LogP contribution in [0.1, 0.15) is 46.5 Å². The first-order valence-electron chi connectivity index (χ1n) is 10.2. The van der Waals surface area contributed by atoms with Gasteiger partial charge in [-0.25, -0.2) is 9.59 Å². The van der Waals surface area contributed by atoms with Gasteiger partial charge in [0.1, 0.15) is 12.2 Å². The largest absolute Gasteiger partial charge is 0.478 e. The second-order valence-corrected chi connectivity index (χ2v) is 7.70. The molecule has 30 heavy (non-hydrogen) atoms. The van der Waals surface area contributed by atoms with Gasteiger partial charge in [0.05, 0.1) is 25.4 Å². The van der Waals surface area contributed by atoms with Crippen LogP contribution in [0.2, 0.25) is 0 Å². The molecule has 0 heterocycles. The molecule has 9 nitrogen and oxygen atoms in total. The topological polar surface area (TPSA) is 160 Å². The number of aliphatic carboxylic acids is 1. The van der Waals surface area contributed by atoms with Gasteiger partial charge in [0.25, 0.3) is 0 Å². The summed E-state index contributed by atoms with van der Waals surface area (Å²) in [5.74, 6) is -1.31. The first-order chi connectivity index (χ1) is 14.0. The maximum atomic E-state index is 11.0. The highest BCUT2D eigenvalue weighted by Gasteiger charge is 2.32. The predicted molar refractivity (Wildman–Crippen MR) is 109 cm³/mol. The van der Waals surface area contributed by atoms with Crippen LogP contribution in [-0.4, -0.2) is 76.0 Å².